The van der Waals surface area contributed by atoms with E-state index in [-0.39, 0.29) is 6.04 Å². The van der Waals surface area contributed by atoms with Gasteiger partial charge in [0, 0.05) is 15.8 Å². The quantitative estimate of drug-likeness (QED) is 0.890. The summed E-state index contributed by atoms with van der Waals surface area (Å²) in [5.74, 6) is 0. The first-order valence-corrected chi connectivity index (χ1v) is 6.83. The molecule has 1 nitrogen and oxygen atoms in total. The molecule has 2 N–H and O–H groups in total. The molecule has 1 atom stereocenters. The van der Waals surface area contributed by atoms with Crippen LogP contribution < -0.4 is 5.73 Å². The SMILES string of the molecule is NC(Cc1cccs1)Cc1ccc(Cl)s1. The van der Waals surface area contributed by atoms with Crippen LogP contribution in [-0.2, 0) is 12.8 Å². The van der Waals surface area contributed by atoms with Crippen molar-refractivity contribution in [1.82, 2.24) is 0 Å². The van der Waals surface area contributed by atoms with Crippen LogP contribution in [0.2, 0.25) is 4.34 Å². The molecule has 0 aliphatic rings. The van der Waals surface area contributed by atoms with E-state index in [1.54, 1.807) is 22.7 Å². The Kier molecular flexibility index (Phi) is 3.81. The van der Waals surface area contributed by atoms with Crippen molar-refractivity contribution in [2.75, 3.05) is 0 Å². The van der Waals surface area contributed by atoms with Crippen molar-refractivity contribution in [1.29, 1.82) is 0 Å². The zero-order chi connectivity index (χ0) is 10.7. The van der Waals surface area contributed by atoms with Crippen molar-refractivity contribution >= 4 is 34.3 Å². The summed E-state index contributed by atoms with van der Waals surface area (Å²) in [4.78, 5) is 2.62. The fourth-order valence-electron chi connectivity index (χ4n) is 1.48. The Labute approximate surface area is 103 Å². The minimum absolute atomic E-state index is 0.193. The second-order valence-corrected chi connectivity index (χ2v) is 6.29. The van der Waals surface area contributed by atoms with E-state index < -0.39 is 0 Å². The maximum Gasteiger partial charge on any atom is 0.0931 e. The summed E-state index contributed by atoms with van der Waals surface area (Å²) in [7, 11) is 0. The summed E-state index contributed by atoms with van der Waals surface area (Å²) in [6, 6.07) is 8.37. The van der Waals surface area contributed by atoms with Gasteiger partial charge in [-0.25, -0.2) is 0 Å². The van der Waals surface area contributed by atoms with Crippen LogP contribution in [0.25, 0.3) is 0 Å². The molecular formula is C11H12ClNS2. The minimum Gasteiger partial charge on any atom is -0.327 e. The summed E-state index contributed by atoms with van der Waals surface area (Å²) >= 11 is 9.25. The van der Waals surface area contributed by atoms with Crippen LogP contribution in [0.1, 0.15) is 9.75 Å². The van der Waals surface area contributed by atoms with Crippen molar-refractivity contribution in [3.63, 3.8) is 0 Å². The van der Waals surface area contributed by atoms with E-state index in [1.807, 2.05) is 6.07 Å². The number of nitrogens with two attached hydrogens (primary N) is 1. The number of thiophene rings is 2. The molecular weight excluding hydrogens is 246 g/mol. The molecule has 2 aromatic heterocycles. The van der Waals surface area contributed by atoms with E-state index in [2.05, 4.69) is 23.6 Å². The highest BCUT2D eigenvalue weighted by Gasteiger charge is 2.07. The van der Waals surface area contributed by atoms with E-state index in [0.717, 1.165) is 17.2 Å². The van der Waals surface area contributed by atoms with E-state index in [4.69, 9.17) is 17.3 Å². The Morgan fingerprint density at radius 1 is 1.20 bits per heavy atom. The van der Waals surface area contributed by atoms with Crippen LogP contribution in [0, 0.1) is 0 Å². The fourth-order valence-corrected chi connectivity index (χ4v) is 3.46. The Morgan fingerprint density at radius 3 is 2.60 bits per heavy atom. The summed E-state index contributed by atoms with van der Waals surface area (Å²) in [5.41, 5.74) is 6.08. The molecule has 0 aliphatic heterocycles. The average Bonchev–Trinajstić information content (AvgIpc) is 2.77. The molecule has 15 heavy (non-hydrogen) atoms. The van der Waals surface area contributed by atoms with Gasteiger partial charge in [0.2, 0.25) is 0 Å². The van der Waals surface area contributed by atoms with Gasteiger partial charge < -0.3 is 5.73 Å². The molecule has 0 aliphatic carbocycles. The molecule has 0 spiro atoms. The van der Waals surface area contributed by atoms with E-state index >= 15 is 0 Å². The molecule has 0 amide bonds. The summed E-state index contributed by atoms with van der Waals surface area (Å²) in [5, 5.41) is 2.09. The van der Waals surface area contributed by atoms with Gasteiger partial charge in [-0.3, -0.25) is 0 Å². The van der Waals surface area contributed by atoms with Crippen molar-refractivity contribution < 1.29 is 0 Å². The smallest absolute Gasteiger partial charge is 0.0931 e. The molecule has 80 valence electrons. The zero-order valence-corrected chi connectivity index (χ0v) is 10.5. The molecule has 0 saturated carbocycles. The standard InChI is InChI=1S/C11H12ClNS2/c12-11-4-3-10(15-11)7-8(13)6-9-2-1-5-14-9/h1-5,8H,6-7,13H2. The molecule has 2 aromatic rings. The predicted octanol–water partition coefficient (Wildman–Crippen LogP) is 3.58. The molecule has 4 heteroatoms. The van der Waals surface area contributed by atoms with Crippen LogP contribution >= 0.6 is 34.3 Å². The molecule has 0 fully saturated rings. The van der Waals surface area contributed by atoms with E-state index in [0.29, 0.717) is 0 Å². The predicted molar refractivity (Wildman–Crippen MR) is 69.0 cm³/mol. The van der Waals surface area contributed by atoms with Gasteiger partial charge in [0.05, 0.1) is 4.34 Å². The second-order valence-electron chi connectivity index (χ2n) is 3.45. The molecule has 1 unspecified atom stereocenters. The third-order valence-corrected chi connectivity index (χ3v) is 4.29. The lowest BCUT2D eigenvalue weighted by molar-refractivity contribution is 0.677. The highest BCUT2D eigenvalue weighted by Crippen LogP contribution is 2.23. The number of hydrogen-bond donors (Lipinski definition) is 1. The summed E-state index contributed by atoms with van der Waals surface area (Å²) in [6.45, 7) is 0. The normalized spacial score (nSPS) is 12.9. The summed E-state index contributed by atoms with van der Waals surface area (Å²) in [6.07, 6.45) is 1.86. The first-order chi connectivity index (χ1) is 7.24. The van der Waals surface area contributed by atoms with Gasteiger partial charge in [0.1, 0.15) is 0 Å². The monoisotopic (exact) mass is 257 g/mol. The third kappa shape index (κ3) is 3.31. The molecule has 2 rings (SSSR count). The van der Waals surface area contributed by atoms with Gasteiger partial charge in [-0.15, -0.1) is 22.7 Å². The lowest BCUT2D eigenvalue weighted by Gasteiger charge is -2.08. The molecule has 0 aromatic carbocycles. The average molecular weight is 258 g/mol. The molecule has 0 radical (unpaired) electrons. The van der Waals surface area contributed by atoms with E-state index in [1.165, 1.54) is 9.75 Å². The first kappa shape index (κ1) is 11.1. The van der Waals surface area contributed by atoms with Gasteiger partial charge in [0.15, 0.2) is 0 Å². The Bertz CT molecular complexity index is 408. The lowest BCUT2D eigenvalue weighted by Crippen LogP contribution is -2.24. The lowest BCUT2D eigenvalue weighted by atomic mass is 10.1. The second kappa shape index (κ2) is 5.12. The maximum atomic E-state index is 6.08. The minimum atomic E-state index is 0.193. The van der Waals surface area contributed by atoms with Gasteiger partial charge in [-0.1, -0.05) is 17.7 Å². The number of hydrogen-bond acceptors (Lipinski definition) is 3. The molecule has 0 bridgehead atoms. The first-order valence-electron chi connectivity index (χ1n) is 4.76. The number of rotatable bonds is 4. The Balaban J connectivity index is 1.90. The van der Waals surface area contributed by atoms with E-state index in [9.17, 15) is 0 Å². The van der Waals surface area contributed by atoms with Crippen LogP contribution in [0.4, 0.5) is 0 Å². The van der Waals surface area contributed by atoms with Gasteiger partial charge in [0.25, 0.3) is 0 Å². The Morgan fingerprint density at radius 2 is 2.00 bits per heavy atom. The van der Waals surface area contributed by atoms with Crippen molar-refractivity contribution in [2.24, 2.45) is 5.73 Å². The van der Waals surface area contributed by atoms with Gasteiger partial charge in [-0.2, -0.15) is 0 Å². The largest absolute Gasteiger partial charge is 0.327 e. The van der Waals surface area contributed by atoms with Crippen molar-refractivity contribution in [2.45, 2.75) is 18.9 Å². The Hall–Kier alpha value is -0.350. The highest BCUT2D eigenvalue weighted by molar-refractivity contribution is 7.16. The maximum absolute atomic E-state index is 6.08. The van der Waals surface area contributed by atoms with Crippen molar-refractivity contribution in [3.05, 3.63) is 43.7 Å². The van der Waals surface area contributed by atoms with Crippen LogP contribution in [0.3, 0.4) is 0 Å². The molecule has 0 saturated heterocycles. The van der Waals surface area contributed by atoms with Gasteiger partial charge in [-0.05, 0) is 36.4 Å². The number of halogens is 1. The summed E-state index contributed by atoms with van der Waals surface area (Å²) < 4.78 is 0.841. The van der Waals surface area contributed by atoms with Crippen LogP contribution in [0.5, 0.6) is 0 Å². The van der Waals surface area contributed by atoms with Crippen molar-refractivity contribution in [3.8, 4) is 0 Å². The topological polar surface area (TPSA) is 26.0 Å². The van der Waals surface area contributed by atoms with Crippen LogP contribution in [0.15, 0.2) is 29.6 Å². The fraction of sp³-hybridized carbons (Fsp3) is 0.273. The van der Waals surface area contributed by atoms with Gasteiger partial charge >= 0.3 is 0 Å². The third-order valence-electron chi connectivity index (χ3n) is 2.14. The zero-order valence-electron chi connectivity index (χ0n) is 8.15. The molecule has 2 heterocycles. The van der Waals surface area contributed by atoms with Crippen LogP contribution in [-0.4, -0.2) is 6.04 Å². The highest BCUT2D eigenvalue weighted by atomic mass is 35.5.